The van der Waals surface area contributed by atoms with Gasteiger partial charge in [-0.3, -0.25) is 4.79 Å². The van der Waals surface area contributed by atoms with Crippen LogP contribution in [0.5, 0.6) is 0 Å². The molecule has 1 aliphatic heterocycles. The molecule has 1 aromatic rings. The maximum Gasteiger partial charge on any atom is 0.253 e. The fourth-order valence-electron chi connectivity index (χ4n) is 2.75. The van der Waals surface area contributed by atoms with Crippen LogP contribution in [0.4, 0.5) is 5.69 Å². The molecule has 0 radical (unpaired) electrons. The molecule has 1 N–H and O–H groups in total. The summed E-state index contributed by atoms with van der Waals surface area (Å²) >= 11 is 0. The number of nitrogens with zero attached hydrogens (tertiary/aromatic N) is 1. The monoisotopic (exact) mass is 288 g/mol. The van der Waals surface area contributed by atoms with E-state index in [-0.39, 0.29) is 5.91 Å². The molecule has 2 rings (SSSR count). The smallest absolute Gasteiger partial charge is 0.253 e. The summed E-state index contributed by atoms with van der Waals surface area (Å²) in [6, 6.07) is 6.00. The fourth-order valence-corrected chi connectivity index (χ4v) is 2.75. The van der Waals surface area contributed by atoms with Gasteiger partial charge in [0.2, 0.25) is 0 Å². The van der Waals surface area contributed by atoms with Crippen molar-refractivity contribution in [2.45, 2.75) is 47.0 Å². The van der Waals surface area contributed by atoms with Crippen molar-refractivity contribution in [1.29, 1.82) is 0 Å². The summed E-state index contributed by atoms with van der Waals surface area (Å²) in [5.74, 6) is 0.177. The molecule has 1 amide bonds. The number of hydrogen-bond acceptors (Lipinski definition) is 2. The fraction of sp³-hybridized carbons (Fsp3) is 0.611. The molecule has 0 bridgehead atoms. The first-order valence-electron chi connectivity index (χ1n) is 8.07. The van der Waals surface area contributed by atoms with Crippen molar-refractivity contribution in [3.05, 3.63) is 29.3 Å². The number of hydrogen-bond donors (Lipinski definition) is 1. The number of rotatable bonds is 4. The molecule has 1 aliphatic rings. The minimum atomic E-state index is 0.177. The van der Waals surface area contributed by atoms with E-state index in [4.69, 9.17) is 0 Å². The highest BCUT2D eigenvalue weighted by atomic mass is 16.2. The van der Waals surface area contributed by atoms with Crippen LogP contribution in [-0.2, 0) is 0 Å². The summed E-state index contributed by atoms with van der Waals surface area (Å²) in [5.41, 5.74) is 3.47. The van der Waals surface area contributed by atoms with E-state index in [1.54, 1.807) is 0 Å². The van der Waals surface area contributed by atoms with Crippen molar-refractivity contribution in [2.24, 2.45) is 5.41 Å². The maximum absolute atomic E-state index is 12.6. The molecule has 1 fully saturated rings. The van der Waals surface area contributed by atoms with E-state index in [9.17, 15) is 4.79 Å². The SMILES string of the molecule is CCCNc1ccc(C(=O)N2CCC(C)(C)CC2)cc1C. The lowest BCUT2D eigenvalue weighted by Gasteiger charge is -2.37. The Hall–Kier alpha value is -1.51. The second-order valence-corrected chi connectivity index (χ2v) is 6.91. The van der Waals surface area contributed by atoms with Gasteiger partial charge in [0.1, 0.15) is 0 Å². The minimum absolute atomic E-state index is 0.177. The Kier molecular flexibility index (Phi) is 4.92. The van der Waals surface area contributed by atoms with Crippen LogP contribution in [0, 0.1) is 12.3 Å². The predicted octanol–water partition coefficient (Wildman–Crippen LogP) is 4.08. The van der Waals surface area contributed by atoms with E-state index < -0.39 is 0 Å². The van der Waals surface area contributed by atoms with E-state index in [1.807, 2.05) is 23.1 Å². The molecule has 3 heteroatoms. The first-order chi connectivity index (χ1) is 9.93. The summed E-state index contributed by atoms with van der Waals surface area (Å²) < 4.78 is 0. The molecular formula is C18H28N2O. The van der Waals surface area contributed by atoms with Gasteiger partial charge < -0.3 is 10.2 Å². The third-order valence-corrected chi connectivity index (χ3v) is 4.44. The second kappa shape index (κ2) is 6.50. The lowest BCUT2D eigenvalue weighted by atomic mass is 9.82. The van der Waals surface area contributed by atoms with E-state index in [1.165, 1.54) is 0 Å². The van der Waals surface area contributed by atoms with Crippen molar-refractivity contribution in [2.75, 3.05) is 25.0 Å². The van der Waals surface area contributed by atoms with Crippen LogP contribution < -0.4 is 5.32 Å². The Labute approximate surface area is 128 Å². The van der Waals surface area contributed by atoms with Crippen LogP contribution in [0.3, 0.4) is 0 Å². The van der Waals surface area contributed by atoms with Crippen molar-refractivity contribution in [3.8, 4) is 0 Å². The highest BCUT2D eigenvalue weighted by molar-refractivity contribution is 5.95. The molecule has 1 aromatic carbocycles. The lowest BCUT2D eigenvalue weighted by molar-refractivity contribution is 0.0630. The molecule has 1 saturated heterocycles. The number of carbonyl (C=O) groups excluding carboxylic acids is 1. The van der Waals surface area contributed by atoms with Crippen LogP contribution in [-0.4, -0.2) is 30.4 Å². The molecular weight excluding hydrogens is 260 g/mol. The molecule has 0 saturated carbocycles. The van der Waals surface area contributed by atoms with Gasteiger partial charge in [-0.15, -0.1) is 0 Å². The molecule has 0 atom stereocenters. The Morgan fingerprint density at radius 1 is 1.29 bits per heavy atom. The number of nitrogens with one attached hydrogen (secondary N) is 1. The maximum atomic E-state index is 12.6. The highest BCUT2D eigenvalue weighted by Crippen LogP contribution is 2.30. The quantitative estimate of drug-likeness (QED) is 0.905. The van der Waals surface area contributed by atoms with Gasteiger partial charge in [-0.1, -0.05) is 20.8 Å². The van der Waals surface area contributed by atoms with Gasteiger partial charge >= 0.3 is 0 Å². The third-order valence-electron chi connectivity index (χ3n) is 4.44. The van der Waals surface area contributed by atoms with Crippen LogP contribution in [0.25, 0.3) is 0 Å². The molecule has 0 aliphatic carbocycles. The average Bonchev–Trinajstić information content (AvgIpc) is 2.45. The summed E-state index contributed by atoms with van der Waals surface area (Å²) in [4.78, 5) is 14.6. The van der Waals surface area contributed by atoms with Crippen molar-refractivity contribution < 1.29 is 4.79 Å². The number of likely N-dealkylation sites (tertiary alicyclic amines) is 1. The Balaban J connectivity index is 2.04. The summed E-state index contributed by atoms with van der Waals surface area (Å²) in [5, 5.41) is 3.39. The summed E-state index contributed by atoms with van der Waals surface area (Å²) in [7, 11) is 0. The molecule has 0 unspecified atom stereocenters. The third kappa shape index (κ3) is 3.99. The normalized spacial score (nSPS) is 17.6. The number of carbonyl (C=O) groups is 1. The largest absolute Gasteiger partial charge is 0.385 e. The van der Waals surface area contributed by atoms with E-state index in [0.717, 1.165) is 55.7 Å². The van der Waals surface area contributed by atoms with Crippen LogP contribution >= 0.6 is 0 Å². The molecule has 3 nitrogen and oxygen atoms in total. The highest BCUT2D eigenvalue weighted by Gasteiger charge is 2.28. The van der Waals surface area contributed by atoms with E-state index >= 15 is 0 Å². The first-order valence-corrected chi connectivity index (χ1v) is 8.07. The Morgan fingerprint density at radius 3 is 2.52 bits per heavy atom. The standard InChI is InChI=1S/C18H28N2O/c1-5-10-19-16-7-6-15(13-14(16)2)17(21)20-11-8-18(3,4)9-12-20/h6-7,13,19H,5,8-12H2,1-4H3. The molecule has 0 spiro atoms. The van der Waals surface area contributed by atoms with Crippen LogP contribution in [0.2, 0.25) is 0 Å². The lowest BCUT2D eigenvalue weighted by Crippen LogP contribution is -2.41. The van der Waals surface area contributed by atoms with Gasteiger partial charge in [-0.05, 0) is 55.4 Å². The zero-order chi connectivity index (χ0) is 15.5. The van der Waals surface area contributed by atoms with Gasteiger partial charge in [-0.25, -0.2) is 0 Å². The van der Waals surface area contributed by atoms with Crippen molar-refractivity contribution in [1.82, 2.24) is 4.90 Å². The van der Waals surface area contributed by atoms with Crippen molar-refractivity contribution >= 4 is 11.6 Å². The van der Waals surface area contributed by atoms with Gasteiger partial charge in [-0.2, -0.15) is 0 Å². The molecule has 0 aromatic heterocycles. The van der Waals surface area contributed by atoms with E-state index in [2.05, 4.69) is 33.0 Å². The molecule has 116 valence electrons. The topological polar surface area (TPSA) is 32.3 Å². The molecule has 21 heavy (non-hydrogen) atoms. The van der Waals surface area contributed by atoms with Crippen molar-refractivity contribution in [3.63, 3.8) is 0 Å². The number of amides is 1. The number of benzene rings is 1. The zero-order valence-corrected chi connectivity index (χ0v) is 13.8. The van der Waals surface area contributed by atoms with Crippen LogP contribution in [0.15, 0.2) is 18.2 Å². The Morgan fingerprint density at radius 2 is 1.95 bits per heavy atom. The van der Waals surface area contributed by atoms with Gasteiger partial charge in [0.15, 0.2) is 0 Å². The number of aryl methyl sites for hydroxylation is 1. The average molecular weight is 288 g/mol. The predicted molar refractivity (Wildman–Crippen MR) is 88.9 cm³/mol. The number of piperidine rings is 1. The molecule has 1 heterocycles. The van der Waals surface area contributed by atoms with Gasteiger partial charge in [0, 0.05) is 30.9 Å². The van der Waals surface area contributed by atoms with Crippen LogP contribution in [0.1, 0.15) is 56.0 Å². The second-order valence-electron chi connectivity index (χ2n) is 6.91. The number of anilines is 1. The minimum Gasteiger partial charge on any atom is -0.385 e. The van der Waals surface area contributed by atoms with E-state index in [0.29, 0.717) is 5.41 Å². The summed E-state index contributed by atoms with van der Waals surface area (Å²) in [6.45, 7) is 11.5. The Bertz CT molecular complexity index is 498. The summed E-state index contributed by atoms with van der Waals surface area (Å²) in [6.07, 6.45) is 3.28. The van der Waals surface area contributed by atoms with Gasteiger partial charge in [0.05, 0.1) is 0 Å². The zero-order valence-electron chi connectivity index (χ0n) is 13.8. The first kappa shape index (κ1) is 15.9. The van der Waals surface area contributed by atoms with Gasteiger partial charge in [0.25, 0.3) is 5.91 Å².